The minimum Gasteiger partial charge on any atom is -0.477 e. The fraction of sp³-hybridized carbons (Fsp3) is 0.0769. The summed E-state index contributed by atoms with van der Waals surface area (Å²) in [6.07, 6.45) is 1.45. The van der Waals surface area contributed by atoms with Gasteiger partial charge in [-0.15, -0.1) is 0 Å². The maximum Gasteiger partial charge on any atom is 0.354 e. The normalized spacial score (nSPS) is 10.3. The van der Waals surface area contributed by atoms with E-state index < -0.39 is 16.1 Å². The maximum absolute atomic E-state index is 10.5. The summed E-state index contributed by atoms with van der Waals surface area (Å²) < 4.78 is 29.6. The Morgan fingerprint density at radius 1 is 1.10 bits per heavy atom. The van der Waals surface area contributed by atoms with Gasteiger partial charge in [0.1, 0.15) is 5.69 Å². The number of rotatable bonds is 2. The van der Waals surface area contributed by atoms with Gasteiger partial charge in [0.2, 0.25) is 0 Å². The number of aryl methyl sites for hydroxylation is 1. The lowest BCUT2D eigenvalue weighted by molar-refractivity contribution is 0.0690. The highest BCUT2D eigenvalue weighted by Gasteiger charge is 2.06. The molecule has 7 heteroatoms. The van der Waals surface area contributed by atoms with Crippen LogP contribution < -0.4 is 0 Å². The van der Waals surface area contributed by atoms with Gasteiger partial charge in [-0.2, -0.15) is 8.42 Å². The summed E-state index contributed by atoms with van der Waals surface area (Å²) in [5.74, 6) is -0.990. The summed E-state index contributed by atoms with van der Waals surface area (Å²) in [5, 5.41) is 8.32. The van der Waals surface area contributed by atoms with Crippen LogP contribution in [0, 0.1) is 6.92 Å². The summed E-state index contributed by atoms with van der Waals surface area (Å²) in [5.41, 5.74) is 1.04. The van der Waals surface area contributed by atoms with Gasteiger partial charge in [0.15, 0.2) is 0 Å². The van der Waals surface area contributed by atoms with Gasteiger partial charge in [-0.1, -0.05) is 23.8 Å². The number of aromatic nitrogens is 1. The lowest BCUT2D eigenvalue weighted by atomic mass is 10.2. The monoisotopic (exact) mass is 295 g/mol. The Morgan fingerprint density at radius 3 is 2.05 bits per heavy atom. The molecule has 20 heavy (non-hydrogen) atoms. The van der Waals surface area contributed by atoms with E-state index in [2.05, 4.69) is 4.98 Å². The van der Waals surface area contributed by atoms with Gasteiger partial charge in [-0.3, -0.25) is 4.55 Å². The Bertz CT molecular complexity index is 666. The molecular weight excluding hydrogens is 282 g/mol. The number of carboxylic acids is 1. The van der Waals surface area contributed by atoms with E-state index in [0.29, 0.717) is 0 Å². The molecule has 1 aromatic heterocycles. The summed E-state index contributed by atoms with van der Waals surface area (Å²) in [6.45, 7) is 1.84. The molecular formula is C13H13NO5S. The van der Waals surface area contributed by atoms with Crippen molar-refractivity contribution in [3.63, 3.8) is 0 Å². The fourth-order valence-electron chi connectivity index (χ4n) is 1.20. The van der Waals surface area contributed by atoms with Gasteiger partial charge >= 0.3 is 5.97 Å². The summed E-state index contributed by atoms with van der Waals surface area (Å²) in [7, 11) is -4.02. The second-order valence-corrected chi connectivity index (χ2v) is 5.23. The van der Waals surface area contributed by atoms with E-state index in [0.717, 1.165) is 5.56 Å². The molecule has 1 heterocycles. The van der Waals surface area contributed by atoms with Gasteiger partial charge in [-0.05, 0) is 31.2 Å². The van der Waals surface area contributed by atoms with Gasteiger partial charge in [0.05, 0.1) is 4.90 Å². The average molecular weight is 295 g/mol. The first-order valence-corrected chi connectivity index (χ1v) is 6.93. The van der Waals surface area contributed by atoms with E-state index in [1.807, 2.05) is 6.92 Å². The molecule has 2 N–H and O–H groups in total. The van der Waals surface area contributed by atoms with Crippen molar-refractivity contribution >= 4 is 16.1 Å². The van der Waals surface area contributed by atoms with Crippen molar-refractivity contribution in [2.75, 3.05) is 0 Å². The number of hydrogen-bond donors (Lipinski definition) is 2. The first-order valence-electron chi connectivity index (χ1n) is 5.49. The van der Waals surface area contributed by atoms with Crippen LogP contribution in [0.5, 0.6) is 0 Å². The van der Waals surface area contributed by atoms with Gasteiger partial charge in [0.25, 0.3) is 10.1 Å². The minimum absolute atomic E-state index is 0.0666. The van der Waals surface area contributed by atoms with Crippen molar-refractivity contribution in [1.82, 2.24) is 4.98 Å². The van der Waals surface area contributed by atoms with Gasteiger partial charge < -0.3 is 5.11 Å². The molecule has 0 aliphatic heterocycles. The SMILES string of the molecule is Cc1ccc(S(=O)(=O)O)cc1.O=C(O)c1ccccn1. The highest BCUT2D eigenvalue weighted by molar-refractivity contribution is 7.85. The molecule has 0 atom stereocenters. The number of aromatic carboxylic acids is 1. The van der Waals surface area contributed by atoms with Gasteiger partial charge in [0, 0.05) is 6.20 Å². The van der Waals surface area contributed by atoms with Crippen LogP contribution in [-0.4, -0.2) is 29.0 Å². The molecule has 0 bridgehead atoms. The Labute approximate surface area is 116 Å². The molecule has 0 aliphatic carbocycles. The molecule has 0 radical (unpaired) electrons. The predicted molar refractivity (Wildman–Crippen MR) is 72.2 cm³/mol. The third kappa shape index (κ3) is 5.17. The van der Waals surface area contributed by atoms with E-state index >= 15 is 0 Å². The lowest BCUT2D eigenvalue weighted by Gasteiger charge is -1.95. The van der Waals surface area contributed by atoms with E-state index in [-0.39, 0.29) is 10.6 Å². The topological polar surface area (TPSA) is 105 Å². The molecule has 0 aliphatic rings. The quantitative estimate of drug-likeness (QED) is 0.821. The zero-order valence-corrected chi connectivity index (χ0v) is 11.4. The molecule has 106 valence electrons. The molecule has 2 aromatic rings. The molecule has 2 rings (SSSR count). The van der Waals surface area contributed by atoms with Crippen LogP contribution in [0.15, 0.2) is 53.6 Å². The van der Waals surface area contributed by atoms with Crippen LogP contribution in [-0.2, 0) is 10.1 Å². The van der Waals surface area contributed by atoms with Crippen LogP contribution in [0.2, 0.25) is 0 Å². The third-order valence-corrected chi connectivity index (χ3v) is 3.07. The highest BCUT2D eigenvalue weighted by Crippen LogP contribution is 2.08. The molecule has 0 spiro atoms. The van der Waals surface area contributed by atoms with Crippen molar-refractivity contribution in [3.8, 4) is 0 Å². The Balaban J connectivity index is 0.000000204. The maximum atomic E-state index is 10.5. The van der Waals surface area contributed by atoms with Crippen LogP contribution in [0.1, 0.15) is 16.1 Å². The molecule has 0 saturated heterocycles. The molecule has 6 nitrogen and oxygen atoms in total. The highest BCUT2D eigenvalue weighted by atomic mass is 32.2. The minimum atomic E-state index is -4.02. The summed E-state index contributed by atoms with van der Waals surface area (Å²) in [6, 6.07) is 10.7. The number of carboxylic acid groups (broad SMARTS) is 1. The summed E-state index contributed by atoms with van der Waals surface area (Å²) >= 11 is 0. The first kappa shape index (κ1) is 15.8. The van der Waals surface area contributed by atoms with Crippen LogP contribution in [0.3, 0.4) is 0 Å². The van der Waals surface area contributed by atoms with Crippen molar-refractivity contribution in [2.45, 2.75) is 11.8 Å². The second kappa shape index (κ2) is 6.78. The molecule has 0 amide bonds. The van der Waals surface area contributed by atoms with Crippen LogP contribution in [0.25, 0.3) is 0 Å². The van der Waals surface area contributed by atoms with Crippen molar-refractivity contribution in [1.29, 1.82) is 0 Å². The summed E-state index contributed by atoms with van der Waals surface area (Å²) in [4.78, 5) is 13.7. The zero-order chi connectivity index (χ0) is 15.2. The number of benzene rings is 1. The van der Waals surface area contributed by atoms with E-state index in [9.17, 15) is 13.2 Å². The first-order chi connectivity index (χ1) is 9.30. The largest absolute Gasteiger partial charge is 0.477 e. The van der Waals surface area contributed by atoms with Crippen LogP contribution in [0.4, 0.5) is 0 Å². The number of nitrogens with zero attached hydrogens (tertiary/aromatic N) is 1. The average Bonchev–Trinajstić information content (AvgIpc) is 2.40. The van der Waals surface area contributed by atoms with E-state index in [1.54, 1.807) is 24.3 Å². The van der Waals surface area contributed by atoms with Crippen molar-refractivity contribution in [2.24, 2.45) is 0 Å². The fourth-order valence-corrected chi connectivity index (χ4v) is 1.68. The van der Waals surface area contributed by atoms with E-state index in [4.69, 9.17) is 9.66 Å². The number of pyridine rings is 1. The van der Waals surface area contributed by atoms with Gasteiger partial charge in [-0.25, -0.2) is 9.78 Å². The van der Waals surface area contributed by atoms with E-state index in [1.165, 1.54) is 24.4 Å². The smallest absolute Gasteiger partial charge is 0.354 e. The molecule has 1 aromatic carbocycles. The molecule has 0 fully saturated rings. The molecule has 0 saturated carbocycles. The third-order valence-electron chi connectivity index (χ3n) is 2.20. The number of hydrogen-bond acceptors (Lipinski definition) is 4. The van der Waals surface area contributed by atoms with Crippen molar-refractivity contribution in [3.05, 3.63) is 59.9 Å². The predicted octanol–water partition coefficient (Wildman–Crippen LogP) is 2.02. The Morgan fingerprint density at radius 2 is 1.70 bits per heavy atom. The Hall–Kier alpha value is -2.25. The van der Waals surface area contributed by atoms with Crippen molar-refractivity contribution < 1.29 is 22.9 Å². The number of carbonyl (C=O) groups is 1. The Kier molecular flexibility index (Phi) is 5.36. The second-order valence-electron chi connectivity index (χ2n) is 3.81. The lowest BCUT2D eigenvalue weighted by Crippen LogP contribution is -1.97. The molecule has 0 unspecified atom stereocenters. The standard InChI is InChI=1S/C7H8O3S.C6H5NO2/c1-6-2-4-7(5-3-6)11(8,9)10;8-6(9)5-3-1-2-4-7-5/h2-5H,1H3,(H,8,9,10);1-4H,(H,8,9). The zero-order valence-electron chi connectivity index (χ0n) is 10.6. The van der Waals surface area contributed by atoms with Crippen LogP contribution >= 0.6 is 0 Å².